The van der Waals surface area contributed by atoms with Crippen LogP contribution in [-0.2, 0) is 13.3 Å². The van der Waals surface area contributed by atoms with E-state index in [9.17, 15) is 0 Å². The van der Waals surface area contributed by atoms with Crippen LogP contribution in [-0.4, -0.2) is 47.6 Å². The molecule has 0 spiro atoms. The molecule has 0 atom stereocenters. The minimum atomic E-state index is 0. The molecule has 134 valence electrons. The second kappa shape index (κ2) is 6.66. The highest BCUT2D eigenvalue weighted by molar-refractivity contribution is 5.74. The van der Waals surface area contributed by atoms with E-state index in [4.69, 9.17) is 0 Å². The number of para-hydroxylation sites is 2. The average molecular weight is 370 g/mol. The molecule has 0 unspecified atom stereocenters. The summed E-state index contributed by atoms with van der Waals surface area (Å²) in [6.07, 6.45) is 2.47. The second-order valence-electron chi connectivity index (χ2n) is 6.93. The summed E-state index contributed by atoms with van der Waals surface area (Å²) in [5, 5.41) is 17.4. The molecule has 2 aromatic carbocycles. The van der Waals surface area contributed by atoms with Crippen LogP contribution in [0.2, 0.25) is 0 Å². The minimum Gasteiger partial charge on any atom is -1.00 e. The van der Waals surface area contributed by atoms with Crippen LogP contribution in [0.4, 0.5) is 0 Å². The van der Waals surface area contributed by atoms with Crippen molar-refractivity contribution in [3.05, 3.63) is 48.5 Å². The van der Waals surface area contributed by atoms with Crippen molar-refractivity contribution in [2.75, 3.05) is 13.1 Å². The molecule has 0 N–H and O–H groups in total. The Balaban J connectivity index is 0.00000168. The lowest BCUT2D eigenvalue weighted by molar-refractivity contribution is -0.959. The third-order valence-electron chi connectivity index (χ3n) is 5.22. The number of benzene rings is 2. The lowest BCUT2D eigenvalue weighted by atomic mass is 10.3. The maximum Gasteiger partial charge on any atom is 0.178 e. The predicted molar refractivity (Wildman–Crippen MR) is 94.3 cm³/mol. The Morgan fingerprint density at radius 2 is 1.19 bits per heavy atom. The molecule has 0 bridgehead atoms. The van der Waals surface area contributed by atoms with Crippen molar-refractivity contribution < 1.29 is 16.9 Å². The van der Waals surface area contributed by atoms with E-state index in [1.807, 2.05) is 45.8 Å². The van der Waals surface area contributed by atoms with E-state index in [2.05, 4.69) is 32.8 Å². The average Bonchev–Trinajstić information content (AvgIpc) is 3.37. The van der Waals surface area contributed by atoms with Gasteiger partial charge in [0.1, 0.15) is 11.0 Å². The first kappa shape index (κ1) is 16.9. The third-order valence-corrected chi connectivity index (χ3v) is 5.22. The summed E-state index contributed by atoms with van der Waals surface area (Å²) < 4.78 is 5.01. The molecule has 0 aliphatic carbocycles. The first-order valence-electron chi connectivity index (χ1n) is 8.75. The van der Waals surface area contributed by atoms with E-state index >= 15 is 0 Å². The van der Waals surface area contributed by atoms with Gasteiger partial charge in [0.2, 0.25) is 0 Å². The van der Waals surface area contributed by atoms with Gasteiger partial charge in [-0.15, -0.1) is 10.2 Å². The number of fused-ring (bicyclic) bond motifs is 2. The summed E-state index contributed by atoms with van der Waals surface area (Å²) in [5.41, 5.74) is 4.09. The van der Waals surface area contributed by atoms with Gasteiger partial charge in [0.25, 0.3) is 0 Å². The Morgan fingerprint density at radius 3 is 1.69 bits per heavy atom. The van der Waals surface area contributed by atoms with Crippen LogP contribution < -0.4 is 12.4 Å². The number of nitrogens with zero attached hydrogens (tertiary/aromatic N) is 7. The quantitative estimate of drug-likeness (QED) is 0.451. The van der Waals surface area contributed by atoms with Crippen molar-refractivity contribution in [2.24, 2.45) is 0 Å². The largest absolute Gasteiger partial charge is 1.00 e. The zero-order valence-electron chi connectivity index (χ0n) is 14.4. The first-order chi connectivity index (χ1) is 12.3. The van der Waals surface area contributed by atoms with Crippen LogP contribution in [0.1, 0.15) is 12.8 Å². The fourth-order valence-corrected chi connectivity index (χ4v) is 3.95. The van der Waals surface area contributed by atoms with Gasteiger partial charge in [0.05, 0.1) is 24.1 Å². The van der Waals surface area contributed by atoms with Gasteiger partial charge in [0.15, 0.2) is 13.3 Å². The van der Waals surface area contributed by atoms with E-state index in [0.717, 1.165) is 53.0 Å². The molecule has 0 saturated carbocycles. The third kappa shape index (κ3) is 2.83. The van der Waals surface area contributed by atoms with Crippen LogP contribution in [0.3, 0.4) is 0 Å². The highest BCUT2D eigenvalue weighted by Gasteiger charge is 2.34. The molecule has 2 aromatic heterocycles. The van der Waals surface area contributed by atoms with Crippen LogP contribution in [0.25, 0.3) is 22.1 Å². The van der Waals surface area contributed by atoms with Gasteiger partial charge in [-0.2, -0.15) is 9.36 Å². The second-order valence-corrected chi connectivity index (χ2v) is 6.93. The van der Waals surface area contributed by atoms with Crippen LogP contribution in [0, 0.1) is 0 Å². The smallest absolute Gasteiger partial charge is 0.178 e. The van der Waals surface area contributed by atoms with E-state index in [0.29, 0.717) is 0 Å². The maximum absolute atomic E-state index is 4.40. The van der Waals surface area contributed by atoms with Crippen LogP contribution in [0.5, 0.6) is 0 Å². The van der Waals surface area contributed by atoms with Gasteiger partial charge >= 0.3 is 0 Å². The lowest BCUT2D eigenvalue weighted by Crippen LogP contribution is -3.00. The fraction of sp³-hybridized carbons (Fsp3) is 0.333. The Hall–Kier alpha value is -2.51. The highest BCUT2D eigenvalue weighted by atomic mass is 35.5. The van der Waals surface area contributed by atoms with E-state index in [1.165, 1.54) is 12.8 Å². The Labute approximate surface area is 157 Å². The topological polar surface area (TPSA) is 61.4 Å². The fourth-order valence-electron chi connectivity index (χ4n) is 3.95. The predicted octanol–water partition coefficient (Wildman–Crippen LogP) is -0.594. The molecule has 1 saturated heterocycles. The van der Waals surface area contributed by atoms with Gasteiger partial charge in [0, 0.05) is 12.8 Å². The summed E-state index contributed by atoms with van der Waals surface area (Å²) in [7, 11) is 0. The first-order valence-corrected chi connectivity index (χ1v) is 8.75. The molecule has 1 fully saturated rings. The van der Waals surface area contributed by atoms with Gasteiger partial charge in [-0.3, -0.25) is 4.48 Å². The highest BCUT2D eigenvalue weighted by Crippen LogP contribution is 2.25. The Morgan fingerprint density at radius 1 is 0.731 bits per heavy atom. The Kier molecular flexibility index (Phi) is 4.34. The van der Waals surface area contributed by atoms with Crippen LogP contribution >= 0.6 is 0 Å². The number of quaternary nitrogens is 1. The molecule has 26 heavy (non-hydrogen) atoms. The summed E-state index contributed by atoms with van der Waals surface area (Å²) in [4.78, 5) is 0. The maximum atomic E-state index is 4.40. The molecular weight excluding hydrogens is 350 g/mol. The van der Waals surface area contributed by atoms with Crippen molar-refractivity contribution in [3.63, 3.8) is 0 Å². The molecule has 3 heterocycles. The lowest BCUT2D eigenvalue weighted by Gasteiger charge is -2.33. The molecular formula is C18H20ClN7. The number of aromatic nitrogens is 6. The number of hydrogen-bond acceptors (Lipinski definition) is 4. The van der Waals surface area contributed by atoms with E-state index in [1.54, 1.807) is 0 Å². The normalized spacial score (nSPS) is 16.2. The van der Waals surface area contributed by atoms with E-state index < -0.39 is 0 Å². The minimum absolute atomic E-state index is 0. The molecule has 0 amide bonds. The van der Waals surface area contributed by atoms with Gasteiger partial charge < -0.3 is 12.4 Å². The van der Waals surface area contributed by atoms with Crippen molar-refractivity contribution in [2.45, 2.75) is 26.2 Å². The standard InChI is InChI=1S/C18H20N7.ClH/c1-3-9-17-15(7-1)19-21-23(17)13-25(11-5-6-12-25)14-24-18-10-4-2-8-16(18)20-22-24;/h1-4,7-10H,5-6,11-14H2;1H/q+1;/p-1. The molecule has 0 radical (unpaired) electrons. The van der Waals surface area contributed by atoms with Crippen LogP contribution in [0.15, 0.2) is 48.5 Å². The number of likely N-dealkylation sites (tertiary alicyclic amines) is 1. The zero-order chi connectivity index (χ0) is 16.7. The number of rotatable bonds is 4. The monoisotopic (exact) mass is 369 g/mol. The molecule has 7 nitrogen and oxygen atoms in total. The number of halogens is 1. The summed E-state index contributed by atoms with van der Waals surface area (Å²) in [6, 6.07) is 16.3. The van der Waals surface area contributed by atoms with Gasteiger partial charge in [-0.05, 0) is 24.3 Å². The molecule has 5 rings (SSSR count). The number of hydrogen-bond donors (Lipinski definition) is 0. The molecule has 1 aliphatic heterocycles. The molecule has 8 heteroatoms. The van der Waals surface area contributed by atoms with E-state index in [-0.39, 0.29) is 12.4 Å². The summed E-state index contributed by atoms with van der Waals surface area (Å²) in [5.74, 6) is 0. The zero-order valence-corrected chi connectivity index (χ0v) is 15.1. The van der Waals surface area contributed by atoms with Crippen molar-refractivity contribution in [1.29, 1.82) is 0 Å². The van der Waals surface area contributed by atoms with Crippen molar-refractivity contribution in [3.8, 4) is 0 Å². The van der Waals surface area contributed by atoms with Crippen molar-refractivity contribution >= 4 is 22.1 Å². The Bertz CT molecular complexity index is 954. The summed E-state index contributed by atoms with van der Waals surface area (Å²) in [6.45, 7) is 3.88. The summed E-state index contributed by atoms with van der Waals surface area (Å²) >= 11 is 0. The van der Waals surface area contributed by atoms with Gasteiger partial charge in [-0.1, -0.05) is 34.7 Å². The van der Waals surface area contributed by atoms with Gasteiger partial charge in [-0.25, -0.2) is 0 Å². The van der Waals surface area contributed by atoms with Crippen molar-refractivity contribution in [1.82, 2.24) is 30.0 Å². The molecule has 4 aromatic rings. The molecule has 1 aliphatic rings. The SMILES string of the molecule is [Cl-].c1ccc2c(c1)nnn2C[N+]1(Cn2nnc3ccccc32)CCCC1.